The number of hydrogen-bond acceptors (Lipinski definition) is 3. The zero-order valence-electron chi connectivity index (χ0n) is 11.5. The number of carboxylic acid groups (broad SMARTS) is 1. The maximum Gasteiger partial charge on any atom is 0.337 e. The third-order valence-corrected chi connectivity index (χ3v) is 2.82. The third-order valence-electron chi connectivity index (χ3n) is 2.82. The molecule has 0 atom stereocenters. The summed E-state index contributed by atoms with van der Waals surface area (Å²) in [4.78, 5) is 22.8. The number of amides is 1. The van der Waals surface area contributed by atoms with E-state index in [4.69, 9.17) is 9.84 Å². The van der Waals surface area contributed by atoms with Crippen LogP contribution in [-0.4, -0.2) is 23.6 Å². The van der Waals surface area contributed by atoms with Crippen LogP contribution < -0.4 is 10.1 Å². The molecule has 108 valence electrons. The summed E-state index contributed by atoms with van der Waals surface area (Å²) in [6.07, 6.45) is 0. The van der Waals surface area contributed by atoms with Crippen molar-refractivity contribution in [3.8, 4) is 5.75 Å². The SMILES string of the molecule is Cc1ccc(OCC(=O)Nc2ccccc2C(=O)O)cc1. The Labute approximate surface area is 122 Å². The molecule has 0 radical (unpaired) electrons. The summed E-state index contributed by atoms with van der Waals surface area (Å²) in [6.45, 7) is 1.77. The lowest BCUT2D eigenvalue weighted by Crippen LogP contribution is -2.21. The summed E-state index contributed by atoms with van der Waals surface area (Å²) in [5.41, 5.74) is 1.39. The number of aryl methyl sites for hydroxylation is 1. The number of ether oxygens (including phenoxy) is 1. The molecule has 0 aliphatic heterocycles. The lowest BCUT2D eigenvalue weighted by Gasteiger charge is -2.09. The van der Waals surface area contributed by atoms with Gasteiger partial charge in [0, 0.05) is 0 Å². The van der Waals surface area contributed by atoms with Gasteiger partial charge in [-0.15, -0.1) is 0 Å². The van der Waals surface area contributed by atoms with Crippen molar-refractivity contribution in [3.63, 3.8) is 0 Å². The predicted octanol–water partition coefficient (Wildman–Crippen LogP) is 2.71. The first kappa shape index (κ1) is 14.6. The molecule has 2 N–H and O–H groups in total. The first-order chi connectivity index (χ1) is 10.1. The summed E-state index contributed by atoms with van der Waals surface area (Å²) in [6, 6.07) is 13.5. The molecule has 0 aliphatic carbocycles. The van der Waals surface area contributed by atoms with Crippen LogP contribution in [0, 0.1) is 6.92 Å². The Morgan fingerprint density at radius 1 is 1.10 bits per heavy atom. The molecule has 2 aromatic carbocycles. The van der Waals surface area contributed by atoms with Gasteiger partial charge in [0.05, 0.1) is 11.3 Å². The number of nitrogens with one attached hydrogen (secondary N) is 1. The third kappa shape index (κ3) is 4.07. The molecule has 0 bridgehead atoms. The fraction of sp³-hybridized carbons (Fsp3) is 0.125. The minimum absolute atomic E-state index is 0.0428. The number of para-hydroxylation sites is 1. The first-order valence-electron chi connectivity index (χ1n) is 6.38. The van der Waals surface area contributed by atoms with E-state index in [0.717, 1.165) is 5.56 Å². The van der Waals surface area contributed by atoms with Gasteiger partial charge in [-0.3, -0.25) is 4.79 Å². The van der Waals surface area contributed by atoms with Crippen molar-refractivity contribution >= 4 is 17.6 Å². The maximum atomic E-state index is 11.8. The van der Waals surface area contributed by atoms with E-state index in [1.54, 1.807) is 24.3 Å². The molecule has 5 nitrogen and oxygen atoms in total. The molecule has 0 aliphatic rings. The molecule has 0 saturated carbocycles. The van der Waals surface area contributed by atoms with Crippen LogP contribution in [0.25, 0.3) is 0 Å². The van der Waals surface area contributed by atoms with E-state index in [-0.39, 0.29) is 17.9 Å². The number of aromatic carboxylic acids is 1. The number of carbonyl (C=O) groups excluding carboxylic acids is 1. The van der Waals surface area contributed by atoms with Crippen LogP contribution in [0.4, 0.5) is 5.69 Å². The minimum atomic E-state index is -1.09. The summed E-state index contributed by atoms with van der Waals surface area (Å²) >= 11 is 0. The lowest BCUT2D eigenvalue weighted by molar-refractivity contribution is -0.118. The van der Waals surface area contributed by atoms with Gasteiger partial charge in [0.25, 0.3) is 5.91 Å². The van der Waals surface area contributed by atoms with Gasteiger partial charge in [-0.25, -0.2) is 4.79 Å². The molecular weight excluding hydrogens is 270 g/mol. The molecule has 0 spiro atoms. The van der Waals surface area contributed by atoms with E-state index in [1.165, 1.54) is 12.1 Å². The van der Waals surface area contributed by atoms with Gasteiger partial charge in [-0.05, 0) is 31.2 Å². The molecule has 0 saturated heterocycles. The number of hydrogen-bond donors (Lipinski definition) is 2. The Kier molecular flexibility index (Phi) is 4.56. The highest BCUT2D eigenvalue weighted by Gasteiger charge is 2.11. The molecule has 0 aromatic heterocycles. The number of carbonyl (C=O) groups is 2. The highest BCUT2D eigenvalue weighted by Crippen LogP contribution is 2.15. The number of benzene rings is 2. The monoisotopic (exact) mass is 285 g/mol. The predicted molar refractivity (Wildman–Crippen MR) is 78.7 cm³/mol. The number of rotatable bonds is 5. The fourth-order valence-corrected chi connectivity index (χ4v) is 1.75. The Hall–Kier alpha value is -2.82. The Morgan fingerprint density at radius 3 is 2.43 bits per heavy atom. The zero-order chi connectivity index (χ0) is 15.2. The second-order valence-electron chi connectivity index (χ2n) is 4.50. The van der Waals surface area contributed by atoms with E-state index in [1.807, 2.05) is 19.1 Å². The average Bonchev–Trinajstić information content (AvgIpc) is 2.47. The Bertz CT molecular complexity index is 650. The van der Waals surface area contributed by atoms with Crippen LogP contribution >= 0.6 is 0 Å². The highest BCUT2D eigenvalue weighted by molar-refractivity contribution is 6.00. The van der Waals surface area contributed by atoms with Gasteiger partial charge >= 0.3 is 5.97 Å². The van der Waals surface area contributed by atoms with Crippen molar-refractivity contribution in [1.82, 2.24) is 0 Å². The molecular formula is C16H15NO4. The van der Waals surface area contributed by atoms with E-state index in [2.05, 4.69) is 5.32 Å². The highest BCUT2D eigenvalue weighted by atomic mass is 16.5. The maximum absolute atomic E-state index is 11.8. The largest absolute Gasteiger partial charge is 0.484 e. The van der Waals surface area contributed by atoms with Gasteiger partial charge in [0.1, 0.15) is 5.75 Å². The van der Waals surface area contributed by atoms with Crippen LogP contribution in [0.2, 0.25) is 0 Å². The summed E-state index contributed by atoms with van der Waals surface area (Å²) in [5.74, 6) is -0.920. The van der Waals surface area contributed by atoms with E-state index >= 15 is 0 Å². The molecule has 5 heteroatoms. The van der Waals surface area contributed by atoms with Crippen molar-refractivity contribution < 1.29 is 19.4 Å². The van der Waals surface area contributed by atoms with E-state index < -0.39 is 11.9 Å². The standard InChI is InChI=1S/C16H15NO4/c1-11-6-8-12(9-7-11)21-10-15(18)17-14-5-3-2-4-13(14)16(19)20/h2-9H,10H2,1H3,(H,17,18)(H,19,20). The van der Waals surface area contributed by atoms with Crippen LogP contribution in [-0.2, 0) is 4.79 Å². The van der Waals surface area contributed by atoms with Crippen molar-refractivity contribution in [3.05, 3.63) is 59.7 Å². The van der Waals surface area contributed by atoms with Crippen LogP contribution in [0.3, 0.4) is 0 Å². The van der Waals surface area contributed by atoms with Crippen LogP contribution in [0.5, 0.6) is 5.75 Å². The van der Waals surface area contributed by atoms with Crippen molar-refractivity contribution in [1.29, 1.82) is 0 Å². The summed E-state index contributed by atoms with van der Waals surface area (Å²) < 4.78 is 5.34. The van der Waals surface area contributed by atoms with Gasteiger partial charge in [-0.2, -0.15) is 0 Å². The molecule has 21 heavy (non-hydrogen) atoms. The van der Waals surface area contributed by atoms with Gasteiger partial charge in [0.2, 0.25) is 0 Å². The smallest absolute Gasteiger partial charge is 0.337 e. The molecule has 0 fully saturated rings. The second-order valence-corrected chi connectivity index (χ2v) is 4.50. The minimum Gasteiger partial charge on any atom is -0.484 e. The molecule has 1 amide bonds. The van der Waals surface area contributed by atoms with Gasteiger partial charge < -0.3 is 15.2 Å². The summed E-state index contributed by atoms with van der Waals surface area (Å²) in [5, 5.41) is 11.6. The molecule has 0 unspecified atom stereocenters. The normalized spacial score (nSPS) is 9.95. The van der Waals surface area contributed by atoms with Crippen molar-refractivity contribution in [2.24, 2.45) is 0 Å². The molecule has 0 heterocycles. The number of anilines is 1. The summed E-state index contributed by atoms with van der Waals surface area (Å²) in [7, 11) is 0. The topological polar surface area (TPSA) is 75.6 Å². The van der Waals surface area contributed by atoms with E-state index in [9.17, 15) is 9.59 Å². The molecule has 2 aromatic rings. The zero-order valence-corrected chi connectivity index (χ0v) is 11.5. The fourth-order valence-electron chi connectivity index (χ4n) is 1.75. The van der Waals surface area contributed by atoms with Crippen LogP contribution in [0.15, 0.2) is 48.5 Å². The van der Waals surface area contributed by atoms with Crippen molar-refractivity contribution in [2.45, 2.75) is 6.92 Å². The first-order valence-corrected chi connectivity index (χ1v) is 6.38. The quantitative estimate of drug-likeness (QED) is 0.885. The van der Waals surface area contributed by atoms with Gasteiger partial charge in [-0.1, -0.05) is 29.8 Å². The second kappa shape index (κ2) is 6.56. The average molecular weight is 285 g/mol. The lowest BCUT2D eigenvalue weighted by atomic mass is 10.2. The number of carboxylic acids is 1. The Balaban J connectivity index is 1.96. The Morgan fingerprint density at radius 2 is 1.76 bits per heavy atom. The molecule has 2 rings (SSSR count). The van der Waals surface area contributed by atoms with Gasteiger partial charge in [0.15, 0.2) is 6.61 Å². The van der Waals surface area contributed by atoms with Crippen molar-refractivity contribution in [2.75, 3.05) is 11.9 Å². The van der Waals surface area contributed by atoms with E-state index in [0.29, 0.717) is 5.75 Å². The van der Waals surface area contributed by atoms with Crippen LogP contribution in [0.1, 0.15) is 15.9 Å².